The number of halogens is 2. The van der Waals surface area contributed by atoms with Gasteiger partial charge in [0.05, 0.1) is 24.0 Å². The maximum Gasteiger partial charge on any atom is 0.329 e. The van der Waals surface area contributed by atoms with E-state index in [1.54, 1.807) is 6.07 Å². The lowest BCUT2D eigenvalue weighted by molar-refractivity contribution is -0.139. The molecule has 0 saturated carbocycles. The Morgan fingerprint density at radius 1 is 1.18 bits per heavy atom. The summed E-state index contributed by atoms with van der Waals surface area (Å²) in [6, 6.07) is 8.70. The molecule has 0 bridgehead atoms. The standard InChI is InChI=1S/C22H24ClFN4O5/c1-3-4-9-25-21(30)22(31)28-26-12-14-10-15(23)20(18(11-14)32-2)33-13-19(29)27-17-8-6-5-7-16(17)24/h5-8,10-12H,3-4,9,13H2,1-2H3,(H,25,30)(H,27,29)(H,28,31)/b26-12-. The van der Waals surface area contributed by atoms with Gasteiger partial charge < -0.3 is 20.1 Å². The number of amides is 3. The number of nitrogens with zero attached hydrogens (tertiary/aromatic N) is 1. The highest BCUT2D eigenvalue weighted by molar-refractivity contribution is 6.35. The molecule has 0 aliphatic rings. The summed E-state index contributed by atoms with van der Waals surface area (Å²) in [7, 11) is 1.38. The zero-order valence-corrected chi connectivity index (χ0v) is 18.9. The lowest BCUT2D eigenvalue weighted by Crippen LogP contribution is -2.38. The van der Waals surface area contributed by atoms with E-state index in [9.17, 15) is 18.8 Å². The van der Waals surface area contributed by atoms with Gasteiger partial charge in [0.25, 0.3) is 5.91 Å². The van der Waals surface area contributed by atoms with Gasteiger partial charge in [0, 0.05) is 6.54 Å². The van der Waals surface area contributed by atoms with E-state index in [1.165, 1.54) is 43.7 Å². The fraction of sp³-hybridized carbons (Fsp3) is 0.273. The molecular formula is C22H24ClFN4O5. The number of rotatable bonds is 10. The van der Waals surface area contributed by atoms with Gasteiger partial charge in [-0.25, -0.2) is 9.82 Å². The van der Waals surface area contributed by atoms with Gasteiger partial charge in [0.2, 0.25) is 0 Å². The molecule has 0 aliphatic carbocycles. The highest BCUT2D eigenvalue weighted by Gasteiger charge is 2.15. The van der Waals surface area contributed by atoms with Gasteiger partial charge in [-0.1, -0.05) is 37.1 Å². The minimum Gasteiger partial charge on any atom is -0.493 e. The summed E-state index contributed by atoms with van der Waals surface area (Å²) in [5.41, 5.74) is 2.58. The van der Waals surface area contributed by atoms with Crippen LogP contribution in [0.1, 0.15) is 25.3 Å². The van der Waals surface area contributed by atoms with Crippen LogP contribution in [0, 0.1) is 5.82 Å². The average molecular weight is 479 g/mol. The Morgan fingerprint density at radius 3 is 2.64 bits per heavy atom. The highest BCUT2D eigenvalue weighted by Crippen LogP contribution is 2.36. The number of ether oxygens (including phenoxy) is 2. The zero-order valence-electron chi connectivity index (χ0n) is 18.1. The Kier molecular flexibility index (Phi) is 10.1. The van der Waals surface area contributed by atoms with E-state index in [0.717, 1.165) is 12.8 Å². The number of benzene rings is 2. The molecule has 2 aromatic carbocycles. The number of hydrazone groups is 1. The molecule has 176 valence electrons. The fourth-order valence-corrected chi connectivity index (χ4v) is 2.79. The zero-order chi connectivity index (χ0) is 24.2. The molecule has 0 radical (unpaired) electrons. The van der Waals surface area contributed by atoms with Crippen LogP contribution in [-0.2, 0) is 14.4 Å². The summed E-state index contributed by atoms with van der Waals surface area (Å²) < 4.78 is 24.3. The van der Waals surface area contributed by atoms with Crippen LogP contribution in [0.3, 0.4) is 0 Å². The third-order valence-corrected chi connectivity index (χ3v) is 4.43. The van der Waals surface area contributed by atoms with Crippen molar-refractivity contribution < 1.29 is 28.2 Å². The number of carbonyl (C=O) groups excluding carboxylic acids is 3. The second-order valence-corrected chi connectivity index (χ2v) is 7.07. The van der Waals surface area contributed by atoms with Gasteiger partial charge in [-0.3, -0.25) is 14.4 Å². The second-order valence-electron chi connectivity index (χ2n) is 6.66. The van der Waals surface area contributed by atoms with Crippen LogP contribution in [-0.4, -0.2) is 44.2 Å². The Morgan fingerprint density at radius 2 is 1.94 bits per heavy atom. The van der Waals surface area contributed by atoms with Crippen molar-refractivity contribution in [2.45, 2.75) is 19.8 Å². The van der Waals surface area contributed by atoms with E-state index in [-0.39, 0.29) is 22.2 Å². The molecule has 0 atom stereocenters. The number of methoxy groups -OCH3 is 1. The van der Waals surface area contributed by atoms with Crippen molar-refractivity contribution in [3.05, 3.63) is 52.8 Å². The normalized spacial score (nSPS) is 10.5. The Hall–Kier alpha value is -3.66. The lowest BCUT2D eigenvalue weighted by Gasteiger charge is -2.13. The molecule has 0 aliphatic heterocycles. The van der Waals surface area contributed by atoms with Gasteiger partial charge >= 0.3 is 11.8 Å². The molecule has 0 unspecified atom stereocenters. The number of para-hydroxylation sites is 1. The topological polar surface area (TPSA) is 118 Å². The van der Waals surface area contributed by atoms with E-state index in [1.807, 2.05) is 6.92 Å². The first kappa shape index (κ1) is 25.6. The van der Waals surface area contributed by atoms with E-state index in [2.05, 4.69) is 21.2 Å². The maximum atomic E-state index is 13.6. The Labute approximate surface area is 195 Å². The van der Waals surface area contributed by atoms with Crippen LogP contribution in [0.5, 0.6) is 11.5 Å². The van der Waals surface area contributed by atoms with E-state index in [0.29, 0.717) is 12.1 Å². The van der Waals surface area contributed by atoms with Crippen LogP contribution in [0.15, 0.2) is 41.5 Å². The van der Waals surface area contributed by atoms with Crippen molar-refractivity contribution >= 4 is 41.2 Å². The van der Waals surface area contributed by atoms with Crippen LogP contribution in [0.4, 0.5) is 10.1 Å². The first-order valence-corrected chi connectivity index (χ1v) is 10.4. The molecule has 0 aromatic heterocycles. The number of unbranched alkanes of at least 4 members (excludes halogenated alkanes) is 1. The Bertz CT molecular complexity index is 1030. The second kappa shape index (κ2) is 13.0. The summed E-state index contributed by atoms with van der Waals surface area (Å²) in [5, 5.41) is 8.70. The fourth-order valence-electron chi connectivity index (χ4n) is 2.52. The first-order chi connectivity index (χ1) is 15.8. The molecule has 0 spiro atoms. The lowest BCUT2D eigenvalue weighted by atomic mass is 10.2. The van der Waals surface area contributed by atoms with Crippen molar-refractivity contribution in [3.63, 3.8) is 0 Å². The van der Waals surface area contributed by atoms with Gasteiger partial charge in [-0.2, -0.15) is 5.10 Å². The molecule has 3 amide bonds. The molecule has 0 heterocycles. The summed E-state index contributed by atoms with van der Waals surface area (Å²) in [6.07, 6.45) is 2.92. The molecule has 0 saturated heterocycles. The number of hydrogen-bond donors (Lipinski definition) is 3. The van der Waals surface area contributed by atoms with E-state index >= 15 is 0 Å². The van der Waals surface area contributed by atoms with Gasteiger partial charge in [0.1, 0.15) is 5.82 Å². The largest absolute Gasteiger partial charge is 0.493 e. The van der Waals surface area contributed by atoms with Gasteiger partial charge in [-0.15, -0.1) is 0 Å². The van der Waals surface area contributed by atoms with Crippen molar-refractivity contribution in [1.29, 1.82) is 0 Å². The molecule has 2 aromatic rings. The smallest absolute Gasteiger partial charge is 0.329 e. The van der Waals surface area contributed by atoms with Crippen molar-refractivity contribution in [2.24, 2.45) is 5.10 Å². The van der Waals surface area contributed by atoms with Crippen molar-refractivity contribution in [3.8, 4) is 11.5 Å². The SMILES string of the molecule is CCCCNC(=O)C(=O)N/N=C\c1cc(Cl)c(OCC(=O)Nc2ccccc2F)c(OC)c1. The summed E-state index contributed by atoms with van der Waals surface area (Å²) in [5.74, 6) is -2.56. The third kappa shape index (κ3) is 8.08. The molecular weight excluding hydrogens is 455 g/mol. The number of hydrogen-bond acceptors (Lipinski definition) is 6. The van der Waals surface area contributed by atoms with E-state index < -0.39 is 30.1 Å². The molecule has 2 rings (SSSR count). The third-order valence-electron chi connectivity index (χ3n) is 4.15. The van der Waals surface area contributed by atoms with E-state index in [4.69, 9.17) is 21.1 Å². The predicted molar refractivity (Wildman–Crippen MR) is 122 cm³/mol. The average Bonchev–Trinajstić information content (AvgIpc) is 2.79. The van der Waals surface area contributed by atoms with Crippen LogP contribution in [0.25, 0.3) is 0 Å². The predicted octanol–water partition coefficient (Wildman–Crippen LogP) is 2.87. The molecule has 0 fully saturated rings. The van der Waals surface area contributed by atoms with Gasteiger partial charge in [0.15, 0.2) is 18.1 Å². The molecule has 11 heteroatoms. The summed E-state index contributed by atoms with van der Waals surface area (Å²) in [6.45, 7) is 1.92. The highest BCUT2D eigenvalue weighted by atomic mass is 35.5. The Balaban J connectivity index is 1.97. The van der Waals surface area contributed by atoms with Crippen molar-refractivity contribution in [1.82, 2.24) is 10.7 Å². The summed E-state index contributed by atoms with van der Waals surface area (Å²) in [4.78, 5) is 35.4. The quantitative estimate of drug-likeness (QED) is 0.210. The van der Waals surface area contributed by atoms with Gasteiger partial charge in [-0.05, 0) is 36.2 Å². The maximum absolute atomic E-state index is 13.6. The number of nitrogens with one attached hydrogen (secondary N) is 3. The minimum absolute atomic E-state index is 0.0248. The number of anilines is 1. The van der Waals surface area contributed by atoms with Crippen LogP contribution >= 0.6 is 11.6 Å². The first-order valence-electron chi connectivity index (χ1n) is 10.0. The summed E-state index contributed by atoms with van der Waals surface area (Å²) >= 11 is 6.24. The van der Waals surface area contributed by atoms with Crippen LogP contribution < -0.4 is 25.5 Å². The molecule has 33 heavy (non-hydrogen) atoms. The van der Waals surface area contributed by atoms with Crippen LogP contribution in [0.2, 0.25) is 5.02 Å². The monoisotopic (exact) mass is 478 g/mol. The number of carbonyl (C=O) groups is 3. The molecule has 3 N–H and O–H groups in total. The molecule has 9 nitrogen and oxygen atoms in total. The van der Waals surface area contributed by atoms with Crippen molar-refractivity contribution in [2.75, 3.05) is 25.6 Å². The minimum atomic E-state index is -0.902.